The number of hydrogen-bond donors (Lipinski definition) is 1. The molecule has 1 unspecified atom stereocenters. The van der Waals surface area contributed by atoms with Crippen LogP contribution in [0.5, 0.6) is 0 Å². The van der Waals surface area contributed by atoms with Gasteiger partial charge in [0.1, 0.15) is 12.9 Å². The molecule has 1 N–H and O–H groups in total. The summed E-state index contributed by atoms with van der Waals surface area (Å²) in [6.07, 6.45) is 3.21. The number of halogens is 6. The van der Waals surface area contributed by atoms with Gasteiger partial charge in [0.05, 0.1) is 11.6 Å². The molecule has 1 aromatic heterocycles. The molecule has 2 heterocycles. The third-order valence-electron chi connectivity index (χ3n) is 7.02. The summed E-state index contributed by atoms with van der Waals surface area (Å²) in [5.74, 6) is -5.03. The highest BCUT2D eigenvalue weighted by Gasteiger charge is 2.39. The second kappa shape index (κ2) is 16.6. The van der Waals surface area contributed by atoms with Gasteiger partial charge in [-0.05, 0) is 63.2 Å². The van der Waals surface area contributed by atoms with Gasteiger partial charge in [0.25, 0.3) is 5.91 Å². The maximum Gasteiger partial charge on any atom is 0.416 e. The summed E-state index contributed by atoms with van der Waals surface area (Å²) < 4.78 is 82.4. The zero-order valence-electron chi connectivity index (χ0n) is 26.1. The van der Waals surface area contributed by atoms with E-state index in [0.29, 0.717) is 31.7 Å². The van der Waals surface area contributed by atoms with Crippen molar-refractivity contribution < 1.29 is 36.0 Å². The van der Waals surface area contributed by atoms with Crippen molar-refractivity contribution in [1.82, 2.24) is 19.7 Å². The van der Waals surface area contributed by atoms with Crippen molar-refractivity contribution in [3.63, 3.8) is 0 Å². The number of aryl methyl sites for hydroxylation is 1. The van der Waals surface area contributed by atoms with Gasteiger partial charge < -0.3 is 24.5 Å². The standard InChI is InChI=1S/C29H37F6N5O2.C2H6/c1-5-7-25-21(16-36-26(25)6-2)14-24-17-39(19-37-42-11-10-38(3)4)8-9-40(24)27(41)20-12-22(28(31,32)18-30)15-23(13-20)29(33,34)35;1-2/h5,7,12-13,15-16,19,24,36H,6,8-11,14,17-18H2,1-4H3;1-2H3/b7-5-,37-19+;. The molecule has 1 saturated heterocycles. The number of carbonyl (C=O) groups is 1. The molecule has 0 radical (unpaired) electrons. The molecule has 7 nitrogen and oxygen atoms in total. The molecule has 0 saturated carbocycles. The predicted molar refractivity (Wildman–Crippen MR) is 161 cm³/mol. The fourth-order valence-electron chi connectivity index (χ4n) is 4.78. The molecule has 13 heteroatoms. The van der Waals surface area contributed by atoms with Crippen LogP contribution in [-0.2, 0) is 29.8 Å². The molecule has 44 heavy (non-hydrogen) atoms. The van der Waals surface area contributed by atoms with Crippen molar-refractivity contribution in [1.29, 1.82) is 0 Å². The number of oxime groups is 1. The minimum atomic E-state index is -5.01. The summed E-state index contributed by atoms with van der Waals surface area (Å²) in [5.41, 5.74) is -0.391. The van der Waals surface area contributed by atoms with Crippen LogP contribution in [0.3, 0.4) is 0 Å². The number of benzene rings is 1. The molecule has 1 aromatic carbocycles. The van der Waals surface area contributed by atoms with Gasteiger partial charge in [0, 0.05) is 49.2 Å². The van der Waals surface area contributed by atoms with Crippen LogP contribution >= 0.6 is 0 Å². The Balaban J connectivity index is 0.00000330. The van der Waals surface area contributed by atoms with Gasteiger partial charge in [-0.15, -0.1) is 0 Å². The van der Waals surface area contributed by atoms with E-state index < -0.39 is 47.4 Å². The van der Waals surface area contributed by atoms with E-state index in [1.54, 1.807) is 0 Å². The maximum absolute atomic E-state index is 14.2. The van der Waals surface area contributed by atoms with Gasteiger partial charge >= 0.3 is 12.1 Å². The fraction of sp³-hybridized carbons (Fsp3) is 0.548. The topological polar surface area (TPSA) is 64.2 Å². The number of amides is 1. The van der Waals surface area contributed by atoms with Crippen LogP contribution < -0.4 is 0 Å². The molecule has 1 aliphatic rings. The summed E-state index contributed by atoms with van der Waals surface area (Å²) in [4.78, 5) is 27.4. The summed E-state index contributed by atoms with van der Waals surface area (Å²) >= 11 is 0. The van der Waals surface area contributed by atoms with Gasteiger partial charge in [-0.3, -0.25) is 4.79 Å². The SMILES string of the molecule is C/C=C\c1c(CC2CN(/C=N/OCCN(C)C)CCN2C(=O)c2cc(C(F)(F)F)cc(C(F)(F)CF)c2)c[nH]c1CC.CC. The first-order valence-electron chi connectivity index (χ1n) is 14.6. The zero-order chi connectivity index (χ0) is 33.1. The molecule has 1 amide bonds. The molecular weight excluding hydrogens is 588 g/mol. The number of hydrogen-bond acceptors (Lipinski definition) is 4. The van der Waals surface area contributed by atoms with E-state index >= 15 is 0 Å². The number of nitrogens with one attached hydrogen (secondary N) is 1. The number of allylic oxidation sites excluding steroid dienone is 1. The van der Waals surface area contributed by atoms with Crippen molar-refractivity contribution >= 4 is 18.3 Å². The first-order valence-corrected chi connectivity index (χ1v) is 14.6. The van der Waals surface area contributed by atoms with Crippen LogP contribution in [0.1, 0.15) is 66.0 Å². The first kappa shape index (κ1) is 36.7. The number of alkyl halides is 6. The Labute approximate surface area is 255 Å². The van der Waals surface area contributed by atoms with Gasteiger partial charge in [-0.25, -0.2) is 4.39 Å². The second-order valence-corrected chi connectivity index (χ2v) is 10.4. The van der Waals surface area contributed by atoms with E-state index in [4.69, 9.17) is 4.84 Å². The Morgan fingerprint density at radius 1 is 1.14 bits per heavy atom. The normalized spacial score (nSPS) is 16.2. The summed E-state index contributed by atoms with van der Waals surface area (Å²) in [6.45, 7) is 7.32. The molecule has 246 valence electrons. The minimum Gasteiger partial charge on any atom is -0.393 e. The van der Waals surface area contributed by atoms with Gasteiger partial charge in [-0.1, -0.05) is 38.1 Å². The lowest BCUT2D eigenvalue weighted by atomic mass is 9.97. The van der Waals surface area contributed by atoms with Gasteiger partial charge in [0.15, 0.2) is 6.67 Å². The average molecular weight is 632 g/mol. The van der Waals surface area contributed by atoms with E-state index in [2.05, 4.69) is 10.1 Å². The van der Waals surface area contributed by atoms with Crippen LogP contribution in [0, 0.1) is 0 Å². The van der Waals surface area contributed by atoms with Crippen LogP contribution in [0.25, 0.3) is 6.08 Å². The molecule has 2 aromatic rings. The lowest BCUT2D eigenvalue weighted by Gasteiger charge is -2.41. The van der Waals surface area contributed by atoms with Crippen LogP contribution in [0.4, 0.5) is 26.3 Å². The van der Waals surface area contributed by atoms with E-state index in [9.17, 15) is 31.1 Å². The molecule has 1 atom stereocenters. The number of H-pyrrole nitrogens is 1. The quantitative estimate of drug-likeness (QED) is 0.0942. The number of piperazine rings is 1. The van der Waals surface area contributed by atoms with Crippen molar-refractivity contribution in [2.24, 2.45) is 5.16 Å². The number of aromatic amines is 1. The third-order valence-corrected chi connectivity index (χ3v) is 7.02. The van der Waals surface area contributed by atoms with E-state index in [1.165, 1.54) is 11.2 Å². The Bertz CT molecular complexity index is 1260. The largest absolute Gasteiger partial charge is 0.416 e. The smallest absolute Gasteiger partial charge is 0.393 e. The fourth-order valence-corrected chi connectivity index (χ4v) is 4.78. The number of aromatic nitrogens is 1. The Morgan fingerprint density at radius 3 is 2.41 bits per heavy atom. The highest BCUT2D eigenvalue weighted by molar-refractivity contribution is 5.95. The number of likely N-dealkylation sites (N-methyl/N-ethyl adjacent to an activating group) is 1. The highest BCUT2D eigenvalue weighted by Crippen LogP contribution is 2.36. The average Bonchev–Trinajstić information content (AvgIpc) is 3.38. The van der Waals surface area contributed by atoms with Crippen LogP contribution in [0.15, 0.2) is 35.6 Å². The molecule has 3 rings (SSSR count). The van der Waals surface area contributed by atoms with Gasteiger partial charge in [0.2, 0.25) is 0 Å². The lowest BCUT2D eigenvalue weighted by molar-refractivity contribution is -0.137. The minimum absolute atomic E-state index is 0.0856. The summed E-state index contributed by atoms with van der Waals surface area (Å²) in [7, 11) is 3.79. The first-order chi connectivity index (χ1) is 20.8. The Morgan fingerprint density at radius 2 is 1.82 bits per heavy atom. The molecule has 0 spiro atoms. The number of nitrogens with zero attached hydrogens (tertiary/aromatic N) is 4. The summed E-state index contributed by atoms with van der Waals surface area (Å²) in [6, 6.07) is 0.829. The second-order valence-electron chi connectivity index (χ2n) is 10.4. The lowest BCUT2D eigenvalue weighted by Crippen LogP contribution is -2.55. The van der Waals surface area contributed by atoms with Crippen molar-refractivity contribution in [3.05, 3.63) is 64.0 Å². The van der Waals surface area contributed by atoms with E-state index in [1.807, 2.05) is 69.9 Å². The monoisotopic (exact) mass is 631 g/mol. The van der Waals surface area contributed by atoms with Gasteiger partial charge in [-0.2, -0.15) is 22.0 Å². The molecule has 1 fully saturated rings. The van der Waals surface area contributed by atoms with Crippen LogP contribution in [0.2, 0.25) is 0 Å². The number of rotatable bonds is 12. The van der Waals surface area contributed by atoms with Crippen LogP contribution in [-0.4, -0.2) is 91.5 Å². The highest BCUT2D eigenvalue weighted by atomic mass is 19.4. The number of carbonyl (C=O) groups excluding carboxylic acids is 1. The third kappa shape index (κ3) is 9.76. The summed E-state index contributed by atoms with van der Waals surface area (Å²) in [5, 5.41) is 4.00. The van der Waals surface area contributed by atoms with Crippen molar-refractivity contribution in [3.8, 4) is 0 Å². The van der Waals surface area contributed by atoms with E-state index in [-0.39, 0.29) is 25.7 Å². The zero-order valence-corrected chi connectivity index (χ0v) is 26.1. The van der Waals surface area contributed by atoms with Crippen molar-refractivity contribution in [2.45, 2.75) is 58.7 Å². The molecule has 1 aliphatic heterocycles. The van der Waals surface area contributed by atoms with E-state index in [0.717, 1.165) is 23.2 Å². The molecule has 0 bridgehead atoms. The predicted octanol–water partition coefficient (Wildman–Crippen LogP) is 6.61. The molecular formula is C31H43F6N5O2. The van der Waals surface area contributed by atoms with Crippen molar-refractivity contribution in [2.75, 3.05) is 53.6 Å². The molecule has 0 aliphatic carbocycles. The maximum atomic E-state index is 14.2. The Hall–Kier alpha value is -3.48. The Kier molecular flexibility index (Phi) is 13.8.